The topological polar surface area (TPSA) is 24.1 Å². The van der Waals surface area contributed by atoms with Gasteiger partial charge in [-0.05, 0) is 39.3 Å². The van der Waals surface area contributed by atoms with Gasteiger partial charge in [0, 0.05) is 0 Å². The normalized spacial score (nSPS) is 14.1. The van der Waals surface area contributed by atoms with Crippen molar-refractivity contribution in [2.45, 2.75) is 71.4 Å². The van der Waals surface area contributed by atoms with Gasteiger partial charge in [-0.3, -0.25) is 0 Å². The summed E-state index contributed by atoms with van der Waals surface area (Å²) in [5.41, 5.74) is 0.153. The van der Waals surface area contributed by atoms with E-state index in [1.54, 1.807) is 0 Å². The summed E-state index contributed by atoms with van der Waals surface area (Å²) in [5.74, 6) is 0.757. The Kier molecular flexibility index (Phi) is 8.96. The van der Waals surface area contributed by atoms with Crippen molar-refractivity contribution in [2.24, 2.45) is 5.92 Å². The predicted octanol–water partition coefficient (Wildman–Crippen LogP) is 3.53. The standard InChI is InChI=1S/C14H32N2/c1-6-9-11-13(10-7-2)14(15-4,16-5)12-8-3/h13,15-16H,6-12H2,1-5H3. The molecule has 0 aliphatic rings. The highest BCUT2D eigenvalue weighted by molar-refractivity contribution is 4.89. The van der Waals surface area contributed by atoms with Crippen molar-refractivity contribution in [3.63, 3.8) is 0 Å². The van der Waals surface area contributed by atoms with E-state index in [0.717, 1.165) is 5.92 Å². The molecule has 0 aliphatic heterocycles. The van der Waals surface area contributed by atoms with Gasteiger partial charge in [0.1, 0.15) is 0 Å². The van der Waals surface area contributed by atoms with E-state index in [-0.39, 0.29) is 5.66 Å². The quantitative estimate of drug-likeness (QED) is 0.559. The van der Waals surface area contributed by atoms with Crippen LogP contribution in [0.4, 0.5) is 0 Å². The van der Waals surface area contributed by atoms with Crippen LogP contribution in [0.25, 0.3) is 0 Å². The molecule has 2 nitrogen and oxygen atoms in total. The number of nitrogens with one attached hydrogen (secondary N) is 2. The number of hydrogen-bond acceptors (Lipinski definition) is 2. The minimum atomic E-state index is 0.153. The molecular formula is C14H32N2. The third-order valence-corrected chi connectivity index (χ3v) is 3.78. The first-order valence-corrected chi connectivity index (χ1v) is 7.08. The lowest BCUT2D eigenvalue weighted by molar-refractivity contribution is 0.143. The second-order valence-corrected chi connectivity index (χ2v) is 4.85. The van der Waals surface area contributed by atoms with E-state index in [0.29, 0.717) is 0 Å². The Morgan fingerprint density at radius 1 is 0.875 bits per heavy atom. The van der Waals surface area contributed by atoms with E-state index >= 15 is 0 Å². The molecule has 98 valence electrons. The zero-order valence-electron chi connectivity index (χ0n) is 12.0. The molecule has 16 heavy (non-hydrogen) atoms. The van der Waals surface area contributed by atoms with E-state index in [4.69, 9.17) is 0 Å². The van der Waals surface area contributed by atoms with Crippen molar-refractivity contribution < 1.29 is 0 Å². The molecule has 0 aromatic rings. The van der Waals surface area contributed by atoms with Crippen LogP contribution in [-0.4, -0.2) is 19.8 Å². The first-order valence-electron chi connectivity index (χ1n) is 7.08. The molecule has 0 rings (SSSR count). The first-order chi connectivity index (χ1) is 7.70. The molecule has 0 amide bonds. The molecule has 0 radical (unpaired) electrons. The summed E-state index contributed by atoms with van der Waals surface area (Å²) in [6, 6.07) is 0. The smallest absolute Gasteiger partial charge is 0.0711 e. The second kappa shape index (κ2) is 9.00. The van der Waals surface area contributed by atoms with Crippen LogP contribution >= 0.6 is 0 Å². The van der Waals surface area contributed by atoms with Crippen LogP contribution in [0, 0.1) is 5.92 Å². The summed E-state index contributed by atoms with van der Waals surface area (Å²) in [5, 5.41) is 7.10. The van der Waals surface area contributed by atoms with E-state index in [1.807, 2.05) is 0 Å². The fraction of sp³-hybridized carbons (Fsp3) is 1.00. The Hall–Kier alpha value is -0.0800. The molecule has 0 spiro atoms. The maximum absolute atomic E-state index is 3.55. The molecule has 1 unspecified atom stereocenters. The molecule has 0 saturated heterocycles. The number of hydrogen-bond donors (Lipinski definition) is 2. The Labute approximate surface area is 103 Å². The Bertz CT molecular complexity index is 153. The van der Waals surface area contributed by atoms with Crippen LogP contribution in [0.15, 0.2) is 0 Å². The highest BCUT2D eigenvalue weighted by Crippen LogP contribution is 2.29. The Balaban J connectivity index is 4.61. The van der Waals surface area contributed by atoms with Gasteiger partial charge in [0.15, 0.2) is 0 Å². The van der Waals surface area contributed by atoms with E-state index < -0.39 is 0 Å². The Morgan fingerprint density at radius 3 is 1.88 bits per heavy atom. The van der Waals surface area contributed by atoms with E-state index in [1.165, 1.54) is 44.9 Å². The maximum atomic E-state index is 3.55. The van der Waals surface area contributed by atoms with Gasteiger partial charge in [-0.2, -0.15) is 0 Å². The maximum Gasteiger partial charge on any atom is 0.0711 e. The molecule has 0 aliphatic carbocycles. The molecule has 0 bridgehead atoms. The van der Waals surface area contributed by atoms with Crippen LogP contribution in [0.3, 0.4) is 0 Å². The van der Waals surface area contributed by atoms with Crippen LogP contribution < -0.4 is 10.6 Å². The fourth-order valence-corrected chi connectivity index (χ4v) is 2.82. The Morgan fingerprint density at radius 2 is 1.50 bits per heavy atom. The largest absolute Gasteiger partial charge is 0.302 e. The van der Waals surface area contributed by atoms with Gasteiger partial charge >= 0.3 is 0 Å². The zero-order chi connectivity index (χ0) is 12.4. The number of unbranched alkanes of at least 4 members (excludes halogenated alkanes) is 1. The van der Waals surface area contributed by atoms with Crippen molar-refractivity contribution in [3.05, 3.63) is 0 Å². The molecule has 0 saturated carbocycles. The van der Waals surface area contributed by atoms with Gasteiger partial charge in [-0.1, -0.05) is 46.5 Å². The molecule has 0 aromatic heterocycles. The van der Waals surface area contributed by atoms with Gasteiger partial charge < -0.3 is 10.6 Å². The van der Waals surface area contributed by atoms with Crippen molar-refractivity contribution in [1.29, 1.82) is 0 Å². The summed E-state index contributed by atoms with van der Waals surface area (Å²) < 4.78 is 0. The van der Waals surface area contributed by atoms with Crippen molar-refractivity contribution in [2.75, 3.05) is 14.1 Å². The van der Waals surface area contributed by atoms with Crippen LogP contribution in [0.2, 0.25) is 0 Å². The highest BCUT2D eigenvalue weighted by Gasteiger charge is 2.33. The van der Waals surface area contributed by atoms with Gasteiger partial charge in [0.05, 0.1) is 5.66 Å². The second-order valence-electron chi connectivity index (χ2n) is 4.85. The lowest BCUT2D eigenvalue weighted by Gasteiger charge is -2.41. The van der Waals surface area contributed by atoms with Crippen LogP contribution in [0.1, 0.15) is 65.7 Å². The van der Waals surface area contributed by atoms with Crippen molar-refractivity contribution >= 4 is 0 Å². The summed E-state index contributed by atoms with van der Waals surface area (Å²) >= 11 is 0. The lowest BCUT2D eigenvalue weighted by atomic mass is 9.81. The molecule has 2 heteroatoms. The molecule has 0 heterocycles. The minimum absolute atomic E-state index is 0.153. The summed E-state index contributed by atoms with van der Waals surface area (Å²) in [6.07, 6.45) is 9.04. The third kappa shape index (κ3) is 4.42. The van der Waals surface area contributed by atoms with Gasteiger partial charge in [-0.15, -0.1) is 0 Å². The lowest BCUT2D eigenvalue weighted by Crippen LogP contribution is -2.59. The third-order valence-electron chi connectivity index (χ3n) is 3.78. The predicted molar refractivity (Wildman–Crippen MR) is 73.7 cm³/mol. The van der Waals surface area contributed by atoms with Crippen LogP contribution in [0.5, 0.6) is 0 Å². The van der Waals surface area contributed by atoms with Gasteiger partial charge in [0.25, 0.3) is 0 Å². The van der Waals surface area contributed by atoms with Crippen molar-refractivity contribution in [1.82, 2.24) is 10.6 Å². The monoisotopic (exact) mass is 228 g/mol. The average molecular weight is 228 g/mol. The molecule has 0 aromatic carbocycles. The fourth-order valence-electron chi connectivity index (χ4n) is 2.82. The highest BCUT2D eigenvalue weighted by atomic mass is 15.2. The van der Waals surface area contributed by atoms with Gasteiger partial charge in [-0.25, -0.2) is 0 Å². The van der Waals surface area contributed by atoms with E-state index in [2.05, 4.69) is 45.5 Å². The summed E-state index contributed by atoms with van der Waals surface area (Å²) in [6.45, 7) is 6.84. The molecular weight excluding hydrogens is 196 g/mol. The van der Waals surface area contributed by atoms with Crippen LogP contribution in [-0.2, 0) is 0 Å². The number of rotatable bonds is 10. The summed E-state index contributed by atoms with van der Waals surface area (Å²) in [7, 11) is 4.20. The van der Waals surface area contributed by atoms with Gasteiger partial charge in [0.2, 0.25) is 0 Å². The van der Waals surface area contributed by atoms with E-state index in [9.17, 15) is 0 Å². The first kappa shape index (κ1) is 15.9. The molecule has 1 atom stereocenters. The minimum Gasteiger partial charge on any atom is -0.302 e. The molecule has 2 N–H and O–H groups in total. The zero-order valence-corrected chi connectivity index (χ0v) is 12.0. The van der Waals surface area contributed by atoms with Crippen molar-refractivity contribution in [3.8, 4) is 0 Å². The molecule has 0 fully saturated rings. The average Bonchev–Trinajstić information content (AvgIpc) is 2.32. The SMILES string of the molecule is CCCCC(CCC)C(CCC)(NC)NC. The summed E-state index contributed by atoms with van der Waals surface area (Å²) in [4.78, 5) is 0.